The number of hydrogen-bond donors (Lipinski definition) is 2. The van der Waals surface area contributed by atoms with Gasteiger partial charge in [0, 0.05) is 23.2 Å². The number of nitrogens with one attached hydrogen (secondary N) is 1. The molecule has 2 nitrogen and oxygen atoms in total. The lowest BCUT2D eigenvalue weighted by Crippen LogP contribution is -2.31. The minimum Gasteiger partial charge on any atom is -0.383 e. The first-order chi connectivity index (χ1) is 7.77. The smallest absolute Gasteiger partial charge is 0.0420 e. The number of benzene rings is 2. The van der Waals surface area contributed by atoms with Crippen molar-refractivity contribution in [3.05, 3.63) is 42.5 Å². The Bertz CT molecular complexity index is 510. The molecule has 0 unspecified atom stereocenters. The maximum atomic E-state index is 6.08. The Hall–Kier alpha value is -1.54. The summed E-state index contributed by atoms with van der Waals surface area (Å²) >= 11 is 0. The molecule has 0 saturated heterocycles. The number of nitrogens with two attached hydrogens (primary N) is 1. The lowest BCUT2D eigenvalue weighted by atomic mass is 10.1. The fourth-order valence-corrected chi connectivity index (χ4v) is 1.99. The molecule has 2 aromatic rings. The van der Waals surface area contributed by atoms with Crippen LogP contribution in [0, 0.1) is 0 Å². The summed E-state index contributed by atoms with van der Waals surface area (Å²) in [7, 11) is 0. The monoisotopic (exact) mass is 212 g/mol. The van der Waals surface area contributed by atoms with Gasteiger partial charge in [0.2, 0.25) is 0 Å². The van der Waals surface area contributed by atoms with Crippen molar-refractivity contribution in [2.24, 2.45) is 5.73 Å². The van der Waals surface area contributed by atoms with E-state index in [1.54, 1.807) is 0 Å². The van der Waals surface area contributed by atoms with Crippen LogP contribution in [0.3, 0.4) is 0 Å². The average Bonchev–Trinajstić information content (AvgIpc) is 3.05. The zero-order valence-corrected chi connectivity index (χ0v) is 9.24. The fourth-order valence-electron chi connectivity index (χ4n) is 1.99. The second kappa shape index (κ2) is 3.49. The summed E-state index contributed by atoms with van der Waals surface area (Å²) in [4.78, 5) is 0. The topological polar surface area (TPSA) is 38.0 Å². The van der Waals surface area contributed by atoms with Crippen LogP contribution < -0.4 is 11.1 Å². The third-order valence-electron chi connectivity index (χ3n) is 3.31. The van der Waals surface area contributed by atoms with Crippen LogP contribution in [0.15, 0.2) is 42.5 Å². The third kappa shape index (κ3) is 1.76. The number of fused-ring (bicyclic) bond motifs is 1. The highest BCUT2D eigenvalue weighted by molar-refractivity contribution is 5.93. The first-order valence-electron chi connectivity index (χ1n) is 5.77. The minimum absolute atomic E-state index is 0.0525. The summed E-state index contributed by atoms with van der Waals surface area (Å²) < 4.78 is 0. The van der Waals surface area contributed by atoms with Crippen molar-refractivity contribution < 1.29 is 0 Å². The Morgan fingerprint density at radius 2 is 1.81 bits per heavy atom. The lowest BCUT2D eigenvalue weighted by molar-refractivity contribution is 0.714. The third-order valence-corrected chi connectivity index (χ3v) is 3.31. The number of hydrogen-bond acceptors (Lipinski definition) is 2. The van der Waals surface area contributed by atoms with Crippen LogP contribution in [-0.4, -0.2) is 12.1 Å². The maximum Gasteiger partial charge on any atom is 0.0420 e. The van der Waals surface area contributed by atoms with Crippen molar-refractivity contribution in [3.8, 4) is 0 Å². The van der Waals surface area contributed by atoms with E-state index in [0.717, 1.165) is 19.4 Å². The maximum absolute atomic E-state index is 6.08. The molecule has 0 bridgehead atoms. The van der Waals surface area contributed by atoms with Gasteiger partial charge in [0.15, 0.2) is 0 Å². The molecular weight excluding hydrogens is 196 g/mol. The van der Waals surface area contributed by atoms with Gasteiger partial charge < -0.3 is 11.1 Å². The predicted molar refractivity (Wildman–Crippen MR) is 68.6 cm³/mol. The van der Waals surface area contributed by atoms with Crippen LogP contribution >= 0.6 is 0 Å². The zero-order valence-electron chi connectivity index (χ0n) is 9.24. The Morgan fingerprint density at radius 3 is 2.62 bits per heavy atom. The molecule has 0 amide bonds. The molecular formula is C14H16N2. The van der Waals surface area contributed by atoms with Crippen molar-refractivity contribution in [1.82, 2.24) is 0 Å². The highest BCUT2D eigenvalue weighted by Gasteiger charge is 2.37. The molecule has 0 radical (unpaired) electrons. The zero-order chi connectivity index (χ0) is 11.0. The van der Waals surface area contributed by atoms with Crippen molar-refractivity contribution >= 4 is 16.5 Å². The van der Waals surface area contributed by atoms with Crippen LogP contribution in [-0.2, 0) is 0 Å². The predicted octanol–water partition coefficient (Wildman–Crippen LogP) is 2.74. The van der Waals surface area contributed by atoms with Gasteiger partial charge in [0.1, 0.15) is 0 Å². The van der Waals surface area contributed by atoms with Crippen LogP contribution in [0.5, 0.6) is 0 Å². The van der Waals surface area contributed by atoms with Crippen molar-refractivity contribution in [2.45, 2.75) is 18.4 Å². The lowest BCUT2D eigenvalue weighted by Gasteiger charge is -2.13. The summed E-state index contributed by atoms with van der Waals surface area (Å²) in [5.74, 6) is 0. The summed E-state index contributed by atoms with van der Waals surface area (Å²) in [6.45, 7) is 0.876. The van der Waals surface area contributed by atoms with E-state index in [9.17, 15) is 0 Å². The summed E-state index contributed by atoms with van der Waals surface area (Å²) in [5.41, 5.74) is 7.32. The molecule has 3 rings (SSSR count). The second-order valence-electron chi connectivity index (χ2n) is 4.74. The molecule has 16 heavy (non-hydrogen) atoms. The van der Waals surface area contributed by atoms with Crippen LogP contribution in [0.25, 0.3) is 10.8 Å². The van der Waals surface area contributed by atoms with Gasteiger partial charge in [-0.1, -0.05) is 36.4 Å². The highest BCUT2D eigenvalue weighted by atomic mass is 15.0. The minimum atomic E-state index is 0.0525. The fraction of sp³-hybridized carbons (Fsp3) is 0.286. The van der Waals surface area contributed by atoms with Gasteiger partial charge in [-0.15, -0.1) is 0 Å². The highest BCUT2D eigenvalue weighted by Crippen LogP contribution is 2.33. The molecule has 2 heteroatoms. The number of rotatable bonds is 3. The first-order valence-corrected chi connectivity index (χ1v) is 5.77. The van der Waals surface area contributed by atoms with E-state index in [1.807, 2.05) is 0 Å². The summed E-state index contributed by atoms with van der Waals surface area (Å²) in [6.07, 6.45) is 2.29. The van der Waals surface area contributed by atoms with E-state index in [0.29, 0.717) is 0 Å². The largest absolute Gasteiger partial charge is 0.383 e. The van der Waals surface area contributed by atoms with E-state index in [-0.39, 0.29) is 5.54 Å². The van der Waals surface area contributed by atoms with Crippen LogP contribution in [0.1, 0.15) is 12.8 Å². The molecule has 0 spiro atoms. The van der Waals surface area contributed by atoms with Crippen molar-refractivity contribution in [2.75, 3.05) is 11.9 Å². The van der Waals surface area contributed by atoms with E-state index >= 15 is 0 Å². The Labute approximate surface area is 95.5 Å². The molecule has 1 aliphatic carbocycles. The van der Waals surface area contributed by atoms with Crippen LogP contribution in [0.2, 0.25) is 0 Å². The average molecular weight is 212 g/mol. The Morgan fingerprint density at radius 1 is 1.06 bits per heavy atom. The molecule has 0 aliphatic heterocycles. The van der Waals surface area contributed by atoms with Gasteiger partial charge in [-0.25, -0.2) is 0 Å². The SMILES string of the molecule is NC1(CNc2cccc3ccccc23)CC1. The van der Waals surface area contributed by atoms with E-state index in [4.69, 9.17) is 5.73 Å². The van der Waals surface area contributed by atoms with E-state index in [2.05, 4.69) is 47.8 Å². The molecule has 1 saturated carbocycles. The molecule has 0 aromatic heterocycles. The Balaban J connectivity index is 1.90. The summed E-state index contributed by atoms with van der Waals surface area (Å²) in [5, 5.41) is 6.01. The summed E-state index contributed by atoms with van der Waals surface area (Å²) in [6, 6.07) is 14.8. The molecule has 2 aromatic carbocycles. The van der Waals surface area contributed by atoms with Gasteiger partial charge >= 0.3 is 0 Å². The second-order valence-corrected chi connectivity index (χ2v) is 4.74. The molecule has 82 valence electrons. The molecule has 0 atom stereocenters. The normalized spacial score (nSPS) is 17.3. The standard InChI is InChI=1S/C14H16N2/c15-14(8-9-14)10-16-13-7-3-5-11-4-1-2-6-12(11)13/h1-7,16H,8-10,15H2. The van der Waals surface area contributed by atoms with Crippen molar-refractivity contribution in [3.63, 3.8) is 0 Å². The van der Waals surface area contributed by atoms with Gasteiger partial charge in [0.05, 0.1) is 0 Å². The van der Waals surface area contributed by atoms with Gasteiger partial charge in [0.25, 0.3) is 0 Å². The first kappa shape index (κ1) is 9.67. The number of anilines is 1. The van der Waals surface area contributed by atoms with Crippen molar-refractivity contribution in [1.29, 1.82) is 0 Å². The molecule has 3 N–H and O–H groups in total. The van der Waals surface area contributed by atoms with Gasteiger partial charge in [-0.2, -0.15) is 0 Å². The van der Waals surface area contributed by atoms with E-state index in [1.165, 1.54) is 16.5 Å². The Kier molecular flexibility index (Phi) is 2.11. The molecule has 1 fully saturated rings. The van der Waals surface area contributed by atoms with Gasteiger partial charge in [-0.05, 0) is 24.3 Å². The van der Waals surface area contributed by atoms with Crippen LogP contribution in [0.4, 0.5) is 5.69 Å². The van der Waals surface area contributed by atoms with Gasteiger partial charge in [-0.3, -0.25) is 0 Å². The quantitative estimate of drug-likeness (QED) is 0.821. The molecule has 0 heterocycles. The van der Waals surface area contributed by atoms with E-state index < -0.39 is 0 Å². The molecule has 1 aliphatic rings.